The summed E-state index contributed by atoms with van der Waals surface area (Å²) < 4.78 is 11.0. The minimum absolute atomic E-state index is 0.0954. The highest BCUT2D eigenvalue weighted by Gasteiger charge is 2.20. The first-order valence-corrected chi connectivity index (χ1v) is 9.45. The van der Waals surface area contributed by atoms with Gasteiger partial charge in [-0.3, -0.25) is 9.69 Å². The number of carbonyl (C=O) groups excluding carboxylic acids is 1. The minimum Gasteiger partial charge on any atom is -0.481 e. The Morgan fingerprint density at radius 2 is 2.38 bits per heavy atom. The van der Waals surface area contributed by atoms with Gasteiger partial charge >= 0.3 is 0 Å². The van der Waals surface area contributed by atoms with Gasteiger partial charge in [0, 0.05) is 49.9 Å². The lowest BCUT2D eigenvalue weighted by Crippen LogP contribution is -2.30. The molecular weight excluding hydrogens is 352 g/mol. The molecule has 8 heteroatoms. The number of nitrogens with zero attached hydrogens (tertiary/aromatic N) is 3. The monoisotopic (exact) mass is 376 g/mol. The van der Waals surface area contributed by atoms with Crippen molar-refractivity contribution in [2.45, 2.75) is 19.9 Å². The molecule has 0 aliphatic carbocycles. The highest BCUT2D eigenvalue weighted by molar-refractivity contribution is 7.15. The molecule has 3 heterocycles. The number of amides is 1. The van der Waals surface area contributed by atoms with Gasteiger partial charge < -0.3 is 14.8 Å². The summed E-state index contributed by atoms with van der Waals surface area (Å²) in [6, 6.07) is 4.01. The summed E-state index contributed by atoms with van der Waals surface area (Å²) in [5, 5.41) is 3.39. The van der Waals surface area contributed by atoms with E-state index in [1.54, 1.807) is 13.3 Å². The van der Waals surface area contributed by atoms with Gasteiger partial charge in [-0.05, 0) is 24.0 Å². The summed E-state index contributed by atoms with van der Waals surface area (Å²) in [6.45, 7) is 5.64. The molecule has 1 atom stereocenters. The van der Waals surface area contributed by atoms with Crippen LogP contribution in [0.25, 0.3) is 0 Å². The van der Waals surface area contributed by atoms with E-state index < -0.39 is 0 Å². The highest BCUT2D eigenvalue weighted by Crippen LogP contribution is 2.22. The van der Waals surface area contributed by atoms with Crippen LogP contribution in [0.4, 0.5) is 5.13 Å². The van der Waals surface area contributed by atoms with E-state index in [4.69, 9.17) is 9.47 Å². The van der Waals surface area contributed by atoms with Gasteiger partial charge in [0.1, 0.15) is 0 Å². The fraction of sp³-hybridized carbons (Fsp3) is 0.500. The zero-order valence-electron chi connectivity index (χ0n) is 15.1. The largest absolute Gasteiger partial charge is 0.481 e. The number of nitrogens with one attached hydrogen (secondary N) is 1. The second-order valence-corrected chi connectivity index (χ2v) is 7.51. The van der Waals surface area contributed by atoms with Crippen LogP contribution in [0.5, 0.6) is 5.88 Å². The molecule has 1 aliphatic heterocycles. The highest BCUT2D eigenvalue weighted by atomic mass is 32.1. The van der Waals surface area contributed by atoms with Gasteiger partial charge in [-0.1, -0.05) is 0 Å². The van der Waals surface area contributed by atoms with Crippen LogP contribution in [0.15, 0.2) is 24.5 Å². The van der Waals surface area contributed by atoms with Crippen molar-refractivity contribution < 1.29 is 14.3 Å². The first kappa shape index (κ1) is 18.8. The van der Waals surface area contributed by atoms with Crippen molar-refractivity contribution in [2.24, 2.45) is 5.92 Å². The Kier molecular flexibility index (Phi) is 6.54. The molecule has 1 amide bonds. The second-order valence-electron chi connectivity index (χ2n) is 6.40. The third-order valence-corrected chi connectivity index (χ3v) is 5.07. The maximum absolute atomic E-state index is 11.1. The van der Waals surface area contributed by atoms with E-state index in [1.165, 1.54) is 23.8 Å². The fourth-order valence-electron chi connectivity index (χ4n) is 3.05. The molecule has 140 valence electrons. The van der Waals surface area contributed by atoms with E-state index in [-0.39, 0.29) is 5.91 Å². The Morgan fingerprint density at radius 1 is 1.50 bits per heavy atom. The summed E-state index contributed by atoms with van der Waals surface area (Å²) in [5.74, 6) is 0.957. The van der Waals surface area contributed by atoms with Crippen molar-refractivity contribution >= 4 is 22.4 Å². The van der Waals surface area contributed by atoms with Gasteiger partial charge in [-0.15, -0.1) is 11.3 Å². The third-order valence-electron chi connectivity index (χ3n) is 4.17. The number of anilines is 1. The number of methoxy groups -OCH3 is 1. The fourth-order valence-corrected chi connectivity index (χ4v) is 3.95. The SMILES string of the molecule is COc1cc(C[C@@H]2COCCN(Cc3cnc(NC(C)=O)s3)C2)ccn1. The molecule has 7 nitrogen and oxygen atoms in total. The van der Waals surface area contributed by atoms with Crippen LogP contribution in [-0.4, -0.2) is 54.2 Å². The summed E-state index contributed by atoms with van der Waals surface area (Å²) in [4.78, 5) is 23.1. The van der Waals surface area contributed by atoms with E-state index in [9.17, 15) is 4.79 Å². The minimum atomic E-state index is -0.0954. The molecule has 2 aromatic heterocycles. The molecule has 1 saturated heterocycles. The molecule has 26 heavy (non-hydrogen) atoms. The molecule has 3 rings (SSSR count). The van der Waals surface area contributed by atoms with Crippen LogP contribution in [0.1, 0.15) is 17.4 Å². The molecular formula is C18H24N4O3S. The quantitative estimate of drug-likeness (QED) is 0.833. The number of thiazole rings is 1. The van der Waals surface area contributed by atoms with Crippen LogP contribution < -0.4 is 10.1 Å². The number of pyridine rings is 1. The summed E-state index contributed by atoms with van der Waals surface area (Å²) >= 11 is 1.52. The maximum Gasteiger partial charge on any atom is 0.223 e. The lowest BCUT2D eigenvalue weighted by Gasteiger charge is -2.22. The van der Waals surface area contributed by atoms with E-state index in [2.05, 4.69) is 20.2 Å². The summed E-state index contributed by atoms with van der Waals surface area (Å²) in [5.41, 5.74) is 1.21. The van der Waals surface area contributed by atoms with Crippen LogP contribution in [0.2, 0.25) is 0 Å². The molecule has 0 saturated carbocycles. The Bertz CT molecular complexity index is 737. The molecule has 0 bridgehead atoms. The Hall–Kier alpha value is -2.03. The second kappa shape index (κ2) is 9.07. The van der Waals surface area contributed by atoms with Crippen LogP contribution in [0.3, 0.4) is 0 Å². The van der Waals surface area contributed by atoms with Crippen molar-refractivity contribution in [1.29, 1.82) is 0 Å². The van der Waals surface area contributed by atoms with Gasteiger partial charge in [-0.25, -0.2) is 9.97 Å². The number of hydrogen-bond donors (Lipinski definition) is 1. The Morgan fingerprint density at radius 3 is 3.19 bits per heavy atom. The van der Waals surface area contributed by atoms with E-state index in [1.807, 2.05) is 18.3 Å². The van der Waals surface area contributed by atoms with Crippen LogP contribution in [-0.2, 0) is 22.5 Å². The number of carbonyl (C=O) groups is 1. The predicted octanol–water partition coefficient (Wildman–Crippen LogP) is 2.20. The average molecular weight is 376 g/mol. The first-order chi connectivity index (χ1) is 12.6. The maximum atomic E-state index is 11.1. The Labute approximate surface area is 157 Å². The number of aromatic nitrogens is 2. The topological polar surface area (TPSA) is 76.6 Å². The van der Waals surface area contributed by atoms with Crippen LogP contribution in [0, 0.1) is 5.92 Å². The standard InChI is InChI=1S/C18H24N4O3S/c1-13(23)21-18-20-9-16(26-18)11-22-5-6-25-12-15(10-22)7-14-3-4-19-17(8-14)24-2/h3-4,8-9,15H,5-7,10-12H2,1-2H3,(H,20,21,23)/t15-/m0/s1. The van der Waals surface area contributed by atoms with Crippen LogP contribution >= 0.6 is 11.3 Å². The van der Waals surface area contributed by atoms with E-state index >= 15 is 0 Å². The van der Waals surface area contributed by atoms with Gasteiger partial charge in [-0.2, -0.15) is 0 Å². The molecule has 2 aromatic rings. The van der Waals surface area contributed by atoms with Crippen molar-refractivity contribution in [3.8, 4) is 5.88 Å². The van der Waals surface area contributed by atoms with Crippen molar-refractivity contribution in [3.05, 3.63) is 35.0 Å². The number of hydrogen-bond acceptors (Lipinski definition) is 7. The lowest BCUT2D eigenvalue weighted by molar-refractivity contribution is -0.114. The normalized spacial score (nSPS) is 18.3. The van der Waals surface area contributed by atoms with Gasteiger partial charge in [0.15, 0.2) is 5.13 Å². The molecule has 1 N–H and O–H groups in total. The average Bonchev–Trinajstić information content (AvgIpc) is 2.92. The van der Waals surface area contributed by atoms with Gasteiger partial charge in [0.2, 0.25) is 11.8 Å². The van der Waals surface area contributed by atoms with Crippen molar-refractivity contribution in [2.75, 3.05) is 38.7 Å². The molecule has 1 fully saturated rings. The number of ether oxygens (including phenoxy) is 2. The Balaban J connectivity index is 1.59. The third kappa shape index (κ3) is 5.48. The number of rotatable bonds is 6. The molecule has 0 spiro atoms. The zero-order chi connectivity index (χ0) is 18.4. The zero-order valence-corrected chi connectivity index (χ0v) is 15.9. The lowest BCUT2D eigenvalue weighted by atomic mass is 10.0. The predicted molar refractivity (Wildman–Crippen MR) is 100 cm³/mol. The molecule has 0 radical (unpaired) electrons. The van der Waals surface area contributed by atoms with Crippen molar-refractivity contribution in [3.63, 3.8) is 0 Å². The van der Waals surface area contributed by atoms with Gasteiger partial charge in [0.25, 0.3) is 0 Å². The molecule has 1 aliphatic rings. The van der Waals surface area contributed by atoms with Gasteiger partial charge in [0.05, 0.1) is 20.3 Å². The molecule has 0 unspecified atom stereocenters. The summed E-state index contributed by atoms with van der Waals surface area (Å²) in [6.07, 6.45) is 4.55. The first-order valence-electron chi connectivity index (χ1n) is 8.63. The smallest absolute Gasteiger partial charge is 0.223 e. The van der Waals surface area contributed by atoms with E-state index in [0.717, 1.165) is 44.1 Å². The molecule has 0 aromatic carbocycles. The van der Waals surface area contributed by atoms with Crippen molar-refractivity contribution in [1.82, 2.24) is 14.9 Å². The van der Waals surface area contributed by atoms with E-state index in [0.29, 0.717) is 16.9 Å². The summed E-state index contributed by atoms with van der Waals surface area (Å²) in [7, 11) is 1.63.